The van der Waals surface area contributed by atoms with Crippen LogP contribution in [0.3, 0.4) is 0 Å². The van der Waals surface area contributed by atoms with E-state index in [2.05, 4.69) is 10.0 Å². The van der Waals surface area contributed by atoms with Crippen LogP contribution in [0.25, 0.3) is 22.3 Å². The lowest BCUT2D eigenvalue weighted by Gasteiger charge is -2.28. The van der Waals surface area contributed by atoms with Crippen LogP contribution in [0.2, 0.25) is 0 Å². The van der Waals surface area contributed by atoms with E-state index < -0.39 is 59.2 Å². The largest absolute Gasteiger partial charge is 0.443 e. The third-order valence-electron chi connectivity index (χ3n) is 10.7. The number of ether oxygens (including phenoxy) is 1. The summed E-state index contributed by atoms with van der Waals surface area (Å²) in [5, 5.41) is 27.1. The molecule has 1 aliphatic heterocycles. The van der Waals surface area contributed by atoms with Gasteiger partial charge in [-0.2, -0.15) is 0 Å². The second-order valence-corrected chi connectivity index (χ2v) is 18.1. The number of piperidine rings is 1. The Labute approximate surface area is 319 Å². The van der Waals surface area contributed by atoms with Crippen LogP contribution in [0.5, 0.6) is 0 Å². The maximum Gasteiger partial charge on any atom is 0.420 e. The Kier molecular flexibility index (Phi) is 10.2. The van der Waals surface area contributed by atoms with E-state index in [4.69, 9.17) is 9.72 Å². The summed E-state index contributed by atoms with van der Waals surface area (Å²) in [6.45, 7) is 15.1. The molecule has 2 aliphatic rings. The highest BCUT2D eigenvalue weighted by atomic mass is 32.2. The van der Waals surface area contributed by atoms with Crippen molar-refractivity contribution in [3.8, 4) is 11.3 Å². The summed E-state index contributed by atoms with van der Waals surface area (Å²) in [6, 6.07) is 10.1. The van der Waals surface area contributed by atoms with Crippen molar-refractivity contribution in [1.29, 1.82) is 0 Å². The number of nitrogens with one attached hydrogen (secondary N) is 2. The van der Waals surface area contributed by atoms with Crippen molar-refractivity contribution in [2.45, 2.75) is 96.1 Å². The number of carbonyl (C=O) groups excluding carboxylic acids is 2. The molecule has 2 fully saturated rings. The van der Waals surface area contributed by atoms with Gasteiger partial charge in [-0.25, -0.2) is 27.5 Å². The summed E-state index contributed by atoms with van der Waals surface area (Å²) in [5.74, 6) is -0.494. The minimum atomic E-state index is -4.59. The molecule has 15 nitrogen and oxygen atoms in total. The molecule has 3 heterocycles. The number of ketones is 1. The molecule has 4 aromatic rings. The van der Waals surface area contributed by atoms with Crippen LogP contribution in [0.4, 0.5) is 16.2 Å². The summed E-state index contributed by atoms with van der Waals surface area (Å²) < 4.78 is 37.1. The number of pyridine rings is 1. The number of aryl methyl sites for hydroxylation is 2. The van der Waals surface area contributed by atoms with Gasteiger partial charge in [0, 0.05) is 36.2 Å². The van der Waals surface area contributed by atoms with Gasteiger partial charge in [0.2, 0.25) is 10.0 Å². The second kappa shape index (κ2) is 14.2. The molecule has 2 aromatic carbocycles. The standard InChI is InChI=1S/C39H46N6O9S/c1-21-13-22(2)15-25(14-21)34-32(23(3)18-42-55(52,53)31-12-10-27(44(48)49)17-30(31)45(50)51)28-16-26(20-41-36(28)43(34)37(47)54-38(4,5)6)39(7,8)35(46)33-24-9-11-29(33)40-19-24/h10,12-17,20,23-24,29,33,40,42H,9,11,18-19H2,1-8H3/t23?,24?,29-,33?/m0/s1. The molecule has 2 aromatic heterocycles. The monoisotopic (exact) mass is 774 g/mol. The predicted octanol–water partition coefficient (Wildman–Crippen LogP) is 6.85. The number of nitro groups is 2. The van der Waals surface area contributed by atoms with Crippen LogP contribution >= 0.6 is 0 Å². The van der Waals surface area contributed by atoms with Crippen LogP contribution in [-0.2, 0) is 25.0 Å². The van der Waals surface area contributed by atoms with E-state index >= 15 is 0 Å². The van der Waals surface area contributed by atoms with Crippen molar-refractivity contribution >= 4 is 44.3 Å². The number of nitrogens with zero attached hydrogens (tertiary/aromatic N) is 4. The maximum atomic E-state index is 14.3. The summed E-state index contributed by atoms with van der Waals surface area (Å²) >= 11 is 0. The highest BCUT2D eigenvalue weighted by Gasteiger charge is 2.50. The zero-order valence-corrected chi connectivity index (χ0v) is 32.9. The minimum absolute atomic E-state index is 0.0966. The number of fused-ring (bicyclic) bond motifs is 3. The first-order chi connectivity index (χ1) is 25.6. The molecule has 2 bridgehead atoms. The van der Waals surface area contributed by atoms with Crippen molar-refractivity contribution in [1.82, 2.24) is 19.6 Å². The Balaban J connectivity index is 1.53. The lowest BCUT2D eigenvalue weighted by Crippen LogP contribution is -2.39. The van der Waals surface area contributed by atoms with E-state index in [1.807, 2.05) is 52.0 Å². The first kappa shape index (κ1) is 39.6. The Bertz CT molecular complexity index is 2320. The Morgan fingerprint density at radius 3 is 2.24 bits per heavy atom. The molecule has 6 rings (SSSR count). The molecule has 0 amide bonds. The Hall–Kier alpha value is -5.06. The highest BCUT2D eigenvalue weighted by Crippen LogP contribution is 2.44. The topological polar surface area (TPSA) is 206 Å². The normalized spacial score (nSPS) is 19.1. The number of sulfonamides is 1. The summed E-state index contributed by atoms with van der Waals surface area (Å²) in [6.07, 6.45) is 2.82. The fourth-order valence-electron chi connectivity index (χ4n) is 8.11. The van der Waals surface area contributed by atoms with Gasteiger partial charge in [0.15, 0.2) is 4.90 Å². The average Bonchev–Trinajstić information content (AvgIpc) is 3.79. The minimum Gasteiger partial charge on any atom is -0.443 e. The molecule has 3 unspecified atom stereocenters. The van der Waals surface area contributed by atoms with Gasteiger partial charge in [0.1, 0.15) is 17.0 Å². The zero-order valence-electron chi connectivity index (χ0n) is 32.1. The zero-order chi connectivity index (χ0) is 40.4. The van der Waals surface area contributed by atoms with Gasteiger partial charge in [-0.05, 0) is 121 Å². The molecule has 16 heteroatoms. The number of hydrogen-bond acceptors (Lipinski definition) is 11. The van der Waals surface area contributed by atoms with E-state index in [1.165, 1.54) is 4.57 Å². The lowest BCUT2D eigenvalue weighted by atomic mass is 9.73. The first-order valence-corrected chi connectivity index (χ1v) is 19.7. The first-order valence-electron chi connectivity index (χ1n) is 18.2. The van der Waals surface area contributed by atoms with Crippen molar-refractivity contribution in [2.24, 2.45) is 11.8 Å². The molecule has 292 valence electrons. The summed E-state index contributed by atoms with van der Waals surface area (Å²) in [5.41, 5.74) is 0.828. The molecule has 0 radical (unpaired) electrons. The molecule has 2 N–H and O–H groups in total. The summed E-state index contributed by atoms with van der Waals surface area (Å²) in [4.78, 5) is 53.9. The molecule has 1 aliphatic carbocycles. The molecular weight excluding hydrogens is 729 g/mol. The number of benzene rings is 2. The number of non-ortho nitro benzene ring substituents is 1. The molecule has 1 saturated heterocycles. The van der Waals surface area contributed by atoms with Gasteiger partial charge in [0.05, 0.1) is 27.0 Å². The van der Waals surface area contributed by atoms with Crippen LogP contribution in [-0.4, -0.2) is 64.4 Å². The van der Waals surface area contributed by atoms with Crippen molar-refractivity contribution < 1.29 is 32.6 Å². The van der Waals surface area contributed by atoms with Gasteiger partial charge in [-0.15, -0.1) is 0 Å². The number of Topliss-reactive ketones (excluding diaryl/α,β-unsaturated/α-hetero) is 1. The van der Waals surface area contributed by atoms with E-state index in [1.54, 1.807) is 33.9 Å². The molecule has 55 heavy (non-hydrogen) atoms. The quantitative estimate of drug-likeness (QED) is 0.119. The van der Waals surface area contributed by atoms with Crippen molar-refractivity contribution in [3.63, 3.8) is 0 Å². The Morgan fingerprint density at radius 2 is 1.69 bits per heavy atom. The van der Waals surface area contributed by atoms with Gasteiger partial charge >= 0.3 is 6.09 Å². The molecule has 1 saturated carbocycles. The fourth-order valence-corrected chi connectivity index (χ4v) is 9.39. The lowest BCUT2D eigenvalue weighted by molar-refractivity contribution is -0.396. The molecule has 0 spiro atoms. The van der Waals surface area contributed by atoms with Gasteiger partial charge in [0.25, 0.3) is 11.4 Å². The number of carbonyl (C=O) groups is 2. The van der Waals surface area contributed by atoms with Crippen molar-refractivity contribution in [3.05, 3.63) is 91.1 Å². The molecule has 4 atom stereocenters. The number of nitro benzene ring substituents is 2. The third kappa shape index (κ3) is 7.50. The third-order valence-corrected chi connectivity index (χ3v) is 12.2. The maximum absolute atomic E-state index is 14.3. The van der Waals surface area contributed by atoms with Gasteiger partial charge in [-0.1, -0.05) is 24.1 Å². The second-order valence-electron chi connectivity index (χ2n) is 16.3. The van der Waals surface area contributed by atoms with E-state index in [0.717, 1.165) is 42.6 Å². The smallest absolute Gasteiger partial charge is 0.420 e. The number of rotatable bonds is 11. The van der Waals surface area contributed by atoms with Crippen LogP contribution in [0, 0.1) is 45.9 Å². The highest BCUT2D eigenvalue weighted by molar-refractivity contribution is 7.89. The van der Waals surface area contributed by atoms with E-state index in [-0.39, 0.29) is 35.9 Å². The number of aromatic nitrogens is 2. The number of hydrogen-bond donors (Lipinski definition) is 2. The van der Waals surface area contributed by atoms with Crippen molar-refractivity contribution in [2.75, 3.05) is 13.1 Å². The predicted molar refractivity (Wildman–Crippen MR) is 206 cm³/mol. The van der Waals surface area contributed by atoms with Crippen LogP contribution < -0.4 is 10.0 Å². The van der Waals surface area contributed by atoms with E-state index in [0.29, 0.717) is 33.8 Å². The van der Waals surface area contributed by atoms with Crippen LogP contribution in [0.15, 0.2) is 53.6 Å². The van der Waals surface area contributed by atoms with Gasteiger partial charge in [-0.3, -0.25) is 25.0 Å². The summed E-state index contributed by atoms with van der Waals surface area (Å²) in [7, 11) is -4.59. The average molecular weight is 775 g/mol. The fraction of sp³-hybridized carbons (Fsp3) is 0.462. The van der Waals surface area contributed by atoms with Gasteiger partial charge < -0.3 is 10.1 Å². The SMILES string of the molecule is Cc1cc(C)cc(-c2c(C(C)CNS(=O)(=O)c3ccc([N+](=O)[O-])cc3[N+](=O)[O-])c3cc(C(C)(C)C(=O)C4C5CC[C@@H]4NC5)cnc3n2C(=O)OC(C)(C)C)c1. The Morgan fingerprint density at radius 1 is 1.02 bits per heavy atom. The van der Waals surface area contributed by atoms with Crippen LogP contribution in [0.1, 0.15) is 82.6 Å². The van der Waals surface area contributed by atoms with E-state index in [9.17, 15) is 38.2 Å². The molecular formula is C39H46N6O9S.